The van der Waals surface area contributed by atoms with Crippen molar-refractivity contribution in [3.63, 3.8) is 0 Å². The minimum atomic E-state index is 0.0576. The van der Waals surface area contributed by atoms with Crippen molar-refractivity contribution in [3.05, 3.63) is 60.7 Å². The summed E-state index contributed by atoms with van der Waals surface area (Å²) in [6.07, 6.45) is 6.98. The number of piperazine rings is 1. The summed E-state index contributed by atoms with van der Waals surface area (Å²) >= 11 is 0. The van der Waals surface area contributed by atoms with Crippen molar-refractivity contribution in [2.75, 3.05) is 31.1 Å². The van der Waals surface area contributed by atoms with Crippen LogP contribution in [-0.4, -0.2) is 51.9 Å². The minimum Gasteiger partial charge on any atom is -0.337 e. The van der Waals surface area contributed by atoms with E-state index >= 15 is 0 Å². The molecule has 2 aromatic heterocycles. The summed E-state index contributed by atoms with van der Waals surface area (Å²) in [7, 11) is 0. The van der Waals surface area contributed by atoms with Crippen molar-refractivity contribution in [2.45, 2.75) is 0 Å². The van der Waals surface area contributed by atoms with Crippen molar-refractivity contribution in [3.8, 4) is 0 Å². The topological polar surface area (TPSA) is 62.2 Å². The van der Waals surface area contributed by atoms with E-state index in [1.165, 1.54) is 0 Å². The first-order chi connectivity index (χ1) is 11.8. The molecule has 1 aliphatic heterocycles. The van der Waals surface area contributed by atoms with Crippen LogP contribution in [0.1, 0.15) is 10.4 Å². The van der Waals surface area contributed by atoms with E-state index in [9.17, 15) is 4.79 Å². The van der Waals surface area contributed by atoms with Crippen LogP contribution in [0.25, 0.3) is 10.8 Å². The van der Waals surface area contributed by atoms with E-state index < -0.39 is 0 Å². The number of nitrogens with zero attached hydrogens (tertiary/aromatic N) is 5. The Kier molecular flexibility index (Phi) is 3.78. The molecular formula is C18H17N5O. The number of hydrogen-bond acceptors (Lipinski definition) is 5. The second kappa shape index (κ2) is 6.23. The number of carbonyl (C=O) groups excluding carboxylic acids is 1. The highest BCUT2D eigenvalue weighted by Gasteiger charge is 2.24. The molecule has 6 heteroatoms. The van der Waals surface area contributed by atoms with Crippen LogP contribution in [0.4, 0.5) is 5.95 Å². The van der Waals surface area contributed by atoms with Gasteiger partial charge in [-0.3, -0.25) is 9.78 Å². The first-order valence-electron chi connectivity index (χ1n) is 7.97. The maximum Gasteiger partial charge on any atom is 0.254 e. The van der Waals surface area contributed by atoms with Crippen LogP contribution in [0.3, 0.4) is 0 Å². The molecule has 3 aromatic rings. The molecule has 120 valence electrons. The third kappa shape index (κ3) is 2.67. The number of carbonyl (C=O) groups is 1. The SMILES string of the molecule is O=C(c1cccc2ccncc12)N1CCN(c2ncccn2)CC1. The summed E-state index contributed by atoms with van der Waals surface area (Å²) in [4.78, 5) is 29.6. The van der Waals surface area contributed by atoms with Gasteiger partial charge in [-0.15, -0.1) is 0 Å². The second-order valence-electron chi connectivity index (χ2n) is 5.73. The van der Waals surface area contributed by atoms with E-state index in [1.54, 1.807) is 30.9 Å². The minimum absolute atomic E-state index is 0.0576. The molecule has 4 rings (SSSR count). The molecule has 0 atom stereocenters. The van der Waals surface area contributed by atoms with E-state index in [0.29, 0.717) is 18.7 Å². The van der Waals surface area contributed by atoms with Gasteiger partial charge in [0.25, 0.3) is 5.91 Å². The Morgan fingerprint density at radius 2 is 1.71 bits per heavy atom. The molecule has 0 N–H and O–H groups in total. The molecule has 0 radical (unpaired) electrons. The van der Waals surface area contributed by atoms with E-state index in [1.807, 2.05) is 29.2 Å². The zero-order valence-electron chi connectivity index (χ0n) is 13.2. The lowest BCUT2D eigenvalue weighted by molar-refractivity contribution is 0.0748. The normalized spacial score (nSPS) is 14.8. The Morgan fingerprint density at radius 1 is 0.917 bits per heavy atom. The average molecular weight is 319 g/mol. The van der Waals surface area contributed by atoms with Crippen molar-refractivity contribution in [1.29, 1.82) is 0 Å². The molecule has 24 heavy (non-hydrogen) atoms. The number of aromatic nitrogens is 3. The van der Waals surface area contributed by atoms with E-state index in [-0.39, 0.29) is 5.91 Å². The van der Waals surface area contributed by atoms with Gasteiger partial charge in [-0.05, 0) is 23.6 Å². The lowest BCUT2D eigenvalue weighted by atomic mass is 10.1. The van der Waals surface area contributed by atoms with E-state index in [4.69, 9.17) is 0 Å². The number of pyridine rings is 1. The largest absolute Gasteiger partial charge is 0.337 e. The molecular weight excluding hydrogens is 302 g/mol. The summed E-state index contributed by atoms with van der Waals surface area (Å²) in [5, 5.41) is 1.94. The Morgan fingerprint density at radius 3 is 2.50 bits per heavy atom. The fraction of sp³-hybridized carbons (Fsp3) is 0.222. The number of hydrogen-bond donors (Lipinski definition) is 0. The fourth-order valence-corrected chi connectivity index (χ4v) is 3.03. The Bertz CT molecular complexity index is 854. The Labute approximate surface area is 139 Å². The van der Waals surface area contributed by atoms with Gasteiger partial charge in [-0.25, -0.2) is 9.97 Å². The van der Waals surface area contributed by atoms with Gasteiger partial charge in [-0.1, -0.05) is 12.1 Å². The number of amides is 1. The first kappa shape index (κ1) is 14.6. The molecule has 0 unspecified atom stereocenters. The molecule has 0 saturated carbocycles. The molecule has 3 heterocycles. The molecule has 0 bridgehead atoms. The molecule has 1 aliphatic rings. The second-order valence-corrected chi connectivity index (χ2v) is 5.73. The molecule has 1 amide bonds. The van der Waals surface area contributed by atoms with Crippen LogP contribution in [0, 0.1) is 0 Å². The molecule has 1 fully saturated rings. The van der Waals surface area contributed by atoms with Crippen LogP contribution >= 0.6 is 0 Å². The summed E-state index contributed by atoms with van der Waals surface area (Å²) in [6, 6.07) is 9.52. The number of rotatable bonds is 2. The monoisotopic (exact) mass is 319 g/mol. The van der Waals surface area contributed by atoms with Crippen molar-refractivity contribution in [1.82, 2.24) is 19.9 Å². The first-order valence-corrected chi connectivity index (χ1v) is 7.97. The summed E-state index contributed by atoms with van der Waals surface area (Å²) in [5.41, 5.74) is 0.713. The van der Waals surface area contributed by atoms with Gasteiger partial charge < -0.3 is 9.80 Å². The lowest BCUT2D eigenvalue weighted by Gasteiger charge is -2.34. The molecule has 0 aliphatic carbocycles. The van der Waals surface area contributed by atoms with Gasteiger partial charge in [0.1, 0.15) is 0 Å². The van der Waals surface area contributed by atoms with Gasteiger partial charge in [0.15, 0.2) is 0 Å². The highest BCUT2D eigenvalue weighted by atomic mass is 16.2. The predicted octanol–water partition coefficient (Wildman–Crippen LogP) is 1.99. The molecule has 6 nitrogen and oxygen atoms in total. The average Bonchev–Trinajstić information content (AvgIpc) is 2.68. The van der Waals surface area contributed by atoms with E-state index in [2.05, 4.69) is 19.9 Å². The van der Waals surface area contributed by atoms with Gasteiger partial charge in [-0.2, -0.15) is 0 Å². The van der Waals surface area contributed by atoms with Gasteiger partial charge in [0.05, 0.1) is 0 Å². The Hall–Kier alpha value is -3.02. The van der Waals surface area contributed by atoms with Gasteiger partial charge in [0, 0.05) is 61.9 Å². The van der Waals surface area contributed by atoms with Crippen LogP contribution in [0.2, 0.25) is 0 Å². The number of benzene rings is 1. The summed E-state index contributed by atoms with van der Waals surface area (Å²) < 4.78 is 0. The third-order valence-electron chi connectivity index (χ3n) is 4.32. The zero-order valence-corrected chi connectivity index (χ0v) is 13.2. The quantitative estimate of drug-likeness (QED) is 0.723. The summed E-state index contributed by atoms with van der Waals surface area (Å²) in [6.45, 7) is 2.79. The van der Waals surface area contributed by atoms with Gasteiger partial charge in [0.2, 0.25) is 5.95 Å². The van der Waals surface area contributed by atoms with Crippen molar-refractivity contribution < 1.29 is 4.79 Å². The molecule has 0 spiro atoms. The fourth-order valence-electron chi connectivity index (χ4n) is 3.03. The zero-order chi connectivity index (χ0) is 16.4. The van der Waals surface area contributed by atoms with Crippen molar-refractivity contribution in [2.24, 2.45) is 0 Å². The van der Waals surface area contributed by atoms with Crippen LogP contribution in [-0.2, 0) is 0 Å². The van der Waals surface area contributed by atoms with Crippen LogP contribution < -0.4 is 4.90 Å². The highest BCUT2D eigenvalue weighted by Crippen LogP contribution is 2.20. The standard InChI is InChI=1S/C18H17N5O/c24-17(15-4-1-3-14-5-8-19-13-16(14)15)22-9-11-23(12-10-22)18-20-6-2-7-21-18/h1-8,13H,9-12H2. The Balaban J connectivity index is 1.52. The van der Waals surface area contributed by atoms with Gasteiger partial charge >= 0.3 is 0 Å². The molecule has 1 aromatic carbocycles. The van der Waals surface area contributed by atoms with Crippen molar-refractivity contribution >= 4 is 22.6 Å². The number of anilines is 1. The predicted molar refractivity (Wildman–Crippen MR) is 91.9 cm³/mol. The highest BCUT2D eigenvalue weighted by molar-refractivity contribution is 6.06. The van der Waals surface area contributed by atoms with E-state index in [0.717, 1.165) is 29.8 Å². The molecule has 1 saturated heterocycles. The summed E-state index contributed by atoms with van der Waals surface area (Å²) in [5.74, 6) is 0.779. The number of fused-ring (bicyclic) bond motifs is 1. The maximum absolute atomic E-state index is 12.9. The lowest BCUT2D eigenvalue weighted by Crippen LogP contribution is -2.49. The third-order valence-corrected chi connectivity index (χ3v) is 4.32. The smallest absolute Gasteiger partial charge is 0.254 e. The van der Waals surface area contributed by atoms with Crippen LogP contribution in [0.15, 0.2) is 55.1 Å². The maximum atomic E-state index is 12.9. The van der Waals surface area contributed by atoms with Crippen LogP contribution in [0.5, 0.6) is 0 Å².